The third kappa shape index (κ3) is 3.42. The van der Waals surface area contributed by atoms with Crippen molar-refractivity contribution in [2.75, 3.05) is 31.1 Å². The molecule has 2 aliphatic heterocycles. The molecule has 158 valence electrons. The first-order valence-electron chi connectivity index (χ1n) is 10.2. The van der Waals surface area contributed by atoms with Crippen molar-refractivity contribution in [3.05, 3.63) is 53.3 Å². The number of aryl methyl sites for hydroxylation is 1. The summed E-state index contributed by atoms with van der Waals surface area (Å²) in [4.78, 5) is 20.3. The molecule has 3 aromatic rings. The average Bonchev–Trinajstić information content (AvgIpc) is 3.23. The SMILES string of the molecule is C=CC(=O)N1CCN(c2snc3c(F)c(-c4cccc5c4N=CCC5)c(Cl)cc23)CC1. The van der Waals surface area contributed by atoms with Crippen LogP contribution in [-0.2, 0) is 11.2 Å². The molecule has 3 heterocycles. The molecule has 0 aliphatic carbocycles. The fourth-order valence-corrected chi connectivity index (χ4v) is 5.46. The Kier molecular flexibility index (Phi) is 5.24. The fraction of sp³-hybridized carbons (Fsp3) is 0.261. The summed E-state index contributed by atoms with van der Waals surface area (Å²) in [7, 11) is 0. The second-order valence-corrected chi connectivity index (χ2v) is 8.77. The summed E-state index contributed by atoms with van der Waals surface area (Å²) in [5.74, 6) is -0.485. The molecule has 5 nitrogen and oxygen atoms in total. The van der Waals surface area contributed by atoms with E-state index in [-0.39, 0.29) is 5.91 Å². The molecule has 2 aromatic carbocycles. The van der Waals surface area contributed by atoms with E-state index in [9.17, 15) is 4.79 Å². The molecule has 0 unspecified atom stereocenters. The van der Waals surface area contributed by atoms with Gasteiger partial charge in [0.15, 0.2) is 5.82 Å². The minimum absolute atomic E-state index is 0.0682. The Labute approximate surface area is 188 Å². The van der Waals surface area contributed by atoms with Crippen LogP contribution in [-0.4, -0.2) is 47.6 Å². The van der Waals surface area contributed by atoms with Crippen LogP contribution in [0.15, 0.2) is 41.9 Å². The van der Waals surface area contributed by atoms with E-state index in [4.69, 9.17) is 11.6 Å². The number of aliphatic imine (C=N–C) groups is 1. The highest BCUT2D eigenvalue weighted by Gasteiger charge is 2.26. The number of benzene rings is 2. The second kappa shape index (κ2) is 8.05. The van der Waals surface area contributed by atoms with E-state index >= 15 is 4.39 Å². The molecule has 0 radical (unpaired) electrons. The first-order valence-corrected chi connectivity index (χ1v) is 11.3. The third-order valence-electron chi connectivity index (χ3n) is 5.85. The quantitative estimate of drug-likeness (QED) is 0.508. The maximum Gasteiger partial charge on any atom is 0.246 e. The molecule has 1 fully saturated rings. The molecule has 31 heavy (non-hydrogen) atoms. The van der Waals surface area contributed by atoms with E-state index in [0.717, 1.165) is 29.1 Å². The summed E-state index contributed by atoms with van der Waals surface area (Å²) < 4.78 is 20.1. The summed E-state index contributed by atoms with van der Waals surface area (Å²) in [5.41, 5.74) is 3.25. The van der Waals surface area contributed by atoms with E-state index in [0.29, 0.717) is 53.2 Å². The lowest BCUT2D eigenvalue weighted by Gasteiger charge is -2.34. The summed E-state index contributed by atoms with van der Waals surface area (Å²) >= 11 is 7.90. The summed E-state index contributed by atoms with van der Waals surface area (Å²) in [6.07, 6.45) is 4.97. The minimum atomic E-state index is -0.417. The van der Waals surface area contributed by atoms with Gasteiger partial charge >= 0.3 is 0 Å². The van der Waals surface area contributed by atoms with Gasteiger partial charge in [-0.2, -0.15) is 4.37 Å². The molecular formula is C23H20ClFN4OS. The van der Waals surface area contributed by atoms with Crippen LogP contribution in [0.25, 0.3) is 22.0 Å². The van der Waals surface area contributed by atoms with Crippen LogP contribution in [0.3, 0.4) is 0 Å². The molecule has 2 aliphatic rings. The van der Waals surface area contributed by atoms with Crippen molar-refractivity contribution in [3.63, 3.8) is 0 Å². The van der Waals surface area contributed by atoms with Crippen LogP contribution in [0.5, 0.6) is 0 Å². The molecule has 1 saturated heterocycles. The number of para-hydroxylation sites is 1. The fourth-order valence-electron chi connectivity index (χ4n) is 4.26. The Hall–Kier alpha value is -2.77. The zero-order chi connectivity index (χ0) is 21.5. The second-order valence-electron chi connectivity index (χ2n) is 7.61. The first kappa shape index (κ1) is 20.2. The lowest BCUT2D eigenvalue weighted by Crippen LogP contribution is -2.48. The van der Waals surface area contributed by atoms with E-state index in [1.165, 1.54) is 17.6 Å². The van der Waals surface area contributed by atoms with Gasteiger partial charge in [-0.1, -0.05) is 36.4 Å². The van der Waals surface area contributed by atoms with Gasteiger partial charge in [0.2, 0.25) is 5.91 Å². The number of hydrogen-bond donors (Lipinski definition) is 0. The molecule has 5 rings (SSSR count). The highest BCUT2D eigenvalue weighted by Crippen LogP contribution is 2.45. The van der Waals surface area contributed by atoms with Crippen LogP contribution in [0.2, 0.25) is 5.02 Å². The highest BCUT2D eigenvalue weighted by atomic mass is 35.5. The van der Waals surface area contributed by atoms with Crippen LogP contribution in [0.1, 0.15) is 12.0 Å². The highest BCUT2D eigenvalue weighted by molar-refractivity contribution is 7.11. The zero-order valence-corrected chi connectivity index (χ0v) is 18.3. The summed E-state index contributed by atoms with van der Waals surface area (Å²) in [6, 6.07) is 7.62. The molecule has 0 spiro atoms. The van der Waals surface area contributed by atoms with Crippen molar-refractivity contribution in [1.29, 1.82) is 0 Å². The molecule has 1 amide bonds. The summed E-state index contributed by atoms with van der Waals surface area (Å²) in [6.45, 7) is 6.03. The molecule has 0 atom stereocenters. The van der Waals surface area contributed by atoms with Gasteiger partial charge in [0.05, 0.1) is 10.7 Å². The van der Waals surface area contributed by atoms with Gasteiger partial charge in [-0.25, -0.2) is 4.39 Å². The number of rotatable bonds is 3. The maximum absolute atomic E-state index is 15.7. The Morgan fingerprint density at radius 3 is 2.84 bits per heavy atom. The number of piperazine rings is 1. The topological polar surface area (TPSA) is 48.8 Å². The largest absolute Gasteiger partial charge is 0.358 e. The van der Waals surface area contributed by atoms with Crippen LogP contribution >= 0.6 is 23.1 Å². The standard InChI is InChI=1S/C23H20ClFN4OS/c1-2-18(30)28-9-11-29(12-10-28)23-16-13-17(24)19(20(25)22(16)27-31-23)15-7-3-5-14-6-4-8-26-21(14)15/h2-3,5,7-8,13H,1,4,6,9-12H2. The molecule has 0 bridgehead atoms. The minimum Gasteiger partial charge on any atom is -0.358 e. The Morgan fingerprint density at radius 1 is 1.26 bits per heavy atom. The number of carbonyl (C=O) groups is 1. The van der Waals surface area contributed by atoms with Crippen molar-refractivity contribution in [3.8, 4) is 11.1 Å². The number of anilines is 1. The van der Waals surface area contributed by atoms with Gasteiger partial charge in [0.1, 0.15) is 10.5 Å². The van der Waals surface area contributed by atoms with Gasteiger partial charge in [0.25, 0.3) is 0 Å². The van der Waals surface area contributed by atoms with Gasteiger partial charge < -0.3 is 9.80 Å². The number of aromatic nitrogens is 1. The Bertz CT molecular complexity index is 1230. The number of hydrogen-bond acceptors (Lipinski definition) is 5. The van der Waals surface area contributed by atoms with Crippen molar-refractivity contribution >= 4 is 56.8 Å². The number of nitrogens with zero attached hydrogens (tertiary/aromatic N) is 4. The summed E-state index contributed by atoms with van der Waals surface area (Å²) in [5, 5.41) is 1.93. The molecule has 1 aromatic heterocycles. The number of fused-ring (bicyclic) bond motifs is 2. The smallest absolute Gasteiger partial charge is 0.246 e. The predicted molar refractivity (Wildman–Crippen MR) is 125 cm³/mol. The molecule has 0 saturated carbocycles. The van der Waals surface area contributed by atoms with Crippen LogP contribution < -0.4 is 4.90 Å². The van der Waals surface area contributed by atoms with Crippen LogP contribution in [0.4, 0.5) is 15.1 Å². The predicted octanol–water partition coefficient (Wildman–Crippen LogP) is 5.24. The van der Waals surface area contributed by atoms with Crippen LogP contribution in [0, 0.1) is 5.82 Å². The Balaban J connectivity index is 1.54. The monoisotopic (exact) mass is 454 g/mol. The first-order chi connectivity index (χ1) is 15.1. The van der Waals surface area contributed by atoms with E-state index in [2.05, 4.69) is 20.8 Å². The van der Waals surface area contributed by atoms with Crippen molar-refractivity contribution in [1.82, 2.24) is 9.27 Å². The zero-order valence-electron chi connectivity index (χ0n) is 16.8. The molecule has 8 heteroatoms. The maximum atomic E-state index is 15.7. The normalized spacial score (nSPS) is 15.9. The van der Waals surface area contributed by atoms with Gasteiger partial charge in [-0.15, -0.1) is 0 Å². The van der Waals surface area contributed by atoms with E-state index in [1.54, 1.807) is 11.0 Å². The Morgan fingerprint density at radius 2 is 2.06 bits per heavy atom. The van der Waals surface area contributed by atoms with Crippen molar-refractivity contribution in [2.24, 2.45) is 4.99 Å². The number of amides is 1. The van der Waals surface area contributed by atoms with Gasteiger partial charge in [-0.3, -0.25) is 9.79 Å². The third-order valence-corrected chi connectivity index (χ3v) is 7.07. The van der Waals surface area contributed by atoms with Crippen molar-refractivity contribution < 1.29 is 9.18 Å². The van der Waals surface area contributed by atoms with Crippen molar-refractivity contribution in [2.45, 2.75) is 12.8 Å². The molecular weight excluding hydrogens is 435 g/mol. The van der Waals surface area contributed by atoms with E-state index in [1.807, 2.05) is 24.4 Å². The lowest BCUT2D eigenvalue weighted by atomic mass is 9.95. The van der Waals surface area contributed by atoms with E-state index < -0.39 is 5.82 Å². The number of halogens is 2. The van der Waals surface area contributed by atoms with Gasteiger partial charge in [-0.05, 0) is 42.1 Å². The lowest BCUT2D eigenvalue weighted by molar-refractivity contribution is -0.126. The molecule has 0 N–H and O–H groups in total. The number of carbonyl (C=O) groups excluding carboxylic acids is 1. The average molecular weight is 455 g/mol. The van der Waals surface area contributed by atoms with Gasteiger partial charge in [0, 0.05) is 48.9 Å².